The summed E-state index contributed by atoms with van der Waals surface area (Å²) in [6.45, 7) is 2.61. The Labute approximate surface area is 156 Å². The lowest BCUT2D eigenvalue weighted by Gasteiger charge is -2.19. The highest BCUT2D eigenvalue weighted by atomic mass is 32.1. The van der Waals surface area contributed by atoms with Crippen molar-refractivity contribution in [2.75, 3.05) is 5.32 Å². The van der Waals surface area contributed by atoms with E-state index in [1.165, 1.54) is 4.88 Å². The van der Waals surface area contributed by atoms with Crippen molar-refractivity contribution in [3.05, 3.63) is 64.2 Å². The summed E-state index contributed by atoms with van der Waals surface area (Å²) in [5.74, 6) is 1.15. The summed E-state index contributed by atoms with van der Waals surface area (Å²) in [6.07, 6.45) is 3.94. The molecule has 1 saturated carbocycles. The van der Waals surface area contributed by atoms with Crippen LogP contribution in [0.5, 0.6) is 0 Å². The second kappa shape index (κ2) is 7.29. The molecule has 26 heavy (non-hydrogen) atoms. The van der Waals surface area contributed by atoms with E-state index < -0.39 is 0 Å². The van der Waals surface area contributed by atoms with Crippen molar-refractivity contribution in [1.29, 1.82) is 0 Å². The van der Waals surface area contributed by atoms with Gasteiger partial charge in [-0.3, -0.25) is 10.3 Å². The number of hydrogen-bond acceptors (Lipinski definition) is 4. The van der Waals surface area contributed by atoms with E-state index in [1.807, 2.05) is 42.6 Å². The van der Waals surface area contributed by atoms with E-state index in [9.17, 15) is 4.79 Å². The molecule has 134 valence electrons. The molecule has 0 aromatic carbocycles. The minimum absolute atomic E-state index is 0.0523. The molecule has 0 spiro atoms. The maximum atomic E-state index is 12.6. The van der Waals surface area contributed by atoms with E-state index in [0.29, 0.717) is 18.3 Å². The van der Waals surface area contributed by atoms with Crippen LogP contribution in [0.4, 0.5) is 10.6 Å². The average molecular weight is 367 g/mol. The molecule has 6 nitrogen and oxygen atoms in total. The first-order valence-corrected chi connectivity index (χ1v) is 9.62. The van der Waals surface area contributed by atoms with Crippen LogP contribution in [0.2, 0.25) is 0 Å². The van der Waals surface area contributed by atoms with E-state index >= 15 is 0 Å². The first kappa shape index (κ1) is 16.8. The standard InChI is InChI=1S/C19H21N5OS/c1-13-4-2-6-16(21-13)18(14-7-8-14)23-19(25)22-17-9-10-20-24(17)12-15-5-3-11-26-15/h2-6,9-11,14,18H,7-8,12H2,1H3,(H2,22,23,25)/t18-/m1/s1. The van der Waals surface area contributed by atoms with Crippen LogP contribution in [0.15, 0.2) is 48.0 Å². The summed E-state index contributed by atoms with van der Waals surface area (Å²) >= 11 is 1.67. The molecular weight excluding hydrogens is 346 g/mol. The number of anilines is 1. The monoisotopic (exact) mass is 367 g/mol. The Balaban J connectivity index is 1.44. The van der Waals surface area contributed by atoms with Crippen LogP contribution in [0.25, 0.3) is 0 Å². The smallest absolute Gasteiger partial charge is 0.320 e. The van der Waals surface area contributed by atoms with Crippen molar-refractivity contribution >= 4 is 23.2 Å². The molecule has 1 atom stereocenters. The normalized spacial score (nSPS) is 14.8. The van der Waals surface area contributed by atoms with Crippen LogP contribution in [-0.2, 0) is 6.54 Å². The van der Waals surface area contributed by atoms with Gasteiger partial charge in [-0.1, -0.05) is 12.1 Å². The molecule has 3 heterocycles. The third kappa shape index (κ3) is 3.94. The maximum absolute atomic E-state index is 12.6. The second-order valence-electron chi connectivity index (χ2n) is 6.57. The van der Waals surface area contributed by atoms with Crippen molar-refractivity contribution in [3.8, 4) is 0 Å². The number of urea groups is 1. The van der Waals surface area contributed by atoms with Gasteiger partial charge in [-0.15, -0.1) is 11.3 Å². The van der Waals surface area contributed by atoms with Crippen LogP contribution >= 0.6 is 11.3 Å². The lowest BCUT2D eigenvalue weighted by molar-refractivity contribution is 0.246. The summed E-state index contributed by atoms with van der Waals surface area (Å²) in [7, 11) is 0. The van der Waals surface area contributed by atoms with Crippen LogP contribution in [-0.4, -0.2) is 20.8 Å². The Morgan fingerprint density at radius 1 is 1.31 bits per heavy atom. The van der Waals surface area contributed by atoms with Crippen molar-refractivity contribution in [2.45, 2.75) is 32.4 Å². The van der Waals surface area contributed by atoms with E-state index in [1.54, 1.807) is 22.2 Å². The summed E-state index contributed by atoms with van der Waals surface area (Å²) in [5, 5.41) is 12.4. The fourth-order valence-corrected chi connectivity index (χ4v) is 3.69. The lowest BCUT2D eigenvalue weighted by atomic mass is 10.1. The minimum atomic E-state index is -0.224. The Bertz CT molecular complexity index is 885. The Hall–Kier alpha value is -2.67. The van der Waals surface area contributed by atoms with Crippen molar-refractivity contribution in [3.63, 3.8) is 0 Å². The van der Waals surface area contributed by atoms with Crippen molar-refractivity contribution in [1.82, 2.24) is 20.1 Å². The Morgan fingerprint density at radius 3 is 2.92 bits per heavy atom. The SMILES string of the molecule is Cc1cccc([C@H](NC(=O)Nc2ccnn2Cc2cccs2)C2CC2)n1. The molecule has 1 fully saturated rings. The zero-order valence-corrected chi connectivity index (χ0v) is 15.4. The van der Waals surface area contributed by atoms with E-state index in [0.717, 1.165) is 24.2 Å². The van der Waals surface area contributed by atoms with Gasteiger partial charge in [0.2, 0.25) is 0 Å². The molecule has 0 radical (unpaired) electrons. The highest BCUT2D eigenvalue weighted by Gasteiger charge is 2.34. The molecule has 0 aliphatic heterocycles. The largest absolute Gasteiger partial charge is 0.329 e. The molecule has 0 bridgehead atoms. The van der Waals surface area contributed by atoms with Gasteiger partial charge in [-0.05, 0) is 49.3 Å². The number of carbonyl (C=O) groups is 1. The van der Waals surface area contributed by atoms with E-state index in [-0.39, 0.29) is 12.1 Å². The van der Waals surface area contributed by atoms with Gasteiger partial charge in [-0.2, -0.15) is 5.10 Å². The number of hydrogen-bond donors (Lipinski definition) is 2. The van der Waals surface area contributed by atoms with Crippen LogP contribution < -0.4 is 10.6 Å². The molecule has 2 N–H and O–H groups in total. The predicted octanol–water partition coefficient (Wildman–Crippen LogP) is 3.97. The summed E-state index contributed by atoms with van der Waals surface area (Å²) in [5.41, 5.74) is 1.89. The molecule has 0 saturated heterocycles. The molecule has 3 aromatic heterocycles. The van der Waals surface area contributed by atoms with Gasteiger partial charge in [0, 0.05) is 16.6 Å². The van der Waals surface area contributed by atoms with Gasteiger partial charge in [-0.25, -0.2) is 9.48 Å². The third-order valence-electron chi connectivity index (χ3n) is 4.45. The number of carbonyl (C=O) groups excluding carboxylic acids is 1. The topological polar surface area (TPSA) is 71.8 Å². The summed E-state index contributed by atoms with van der Waals surface area (Å²) < 4.78 is 1.79. The molecular formula is C19H21N5OS. The number of aryl methyl sites for hydroxylation is 1. The van der Waals surface area contributed by atoms with Crippen molar-refractivity contribution in [2.24, 2.45) is 5.92 Å². The quantitative estimate of drug-likeness (QED) is 0.692. The fraction of sp³-hybridized carbons (Fsp3) is 0.316. The number of rotatable bonds is 6. The molecule has 7 heteroatoms. The van der Waals surface area contributed by atoms with Gasteiger partial charge in [0.05, 0.1) is 24.5 Å². The summed E-state index contributed by atoms with van der Waals surface area (Å²) in [4.78, 5) is 18.4. The van der Waals surface area contributed by atoms with Crippen LogP contribution in [0.1, 0.15) is 35.1 Å². The highest BCUT2D eigenvalue weighted by Crippen LogP contribution is 2.40. The van der Waals surface area contributed by atoms with Crippen molar-refractivity contribution < 1.29 is 4.79 Å². The number of thiophene rings is 1. The Morgan fingerprint density at radius 2 is 2.19 bits per heavy atom. The molecule has 2 amide bonds. The van der Waals surface area contributed by atoms with Gasteiger partial charge in [0.1, 0.15) is 5.82 Å². The number of pyridine rings is 1. The molecule has 4 rings (SSSR count). The van der Waals surface area contributed by atoms with Gasteiger partial charge in [0.25, 0.3) is 0 Å². The number of amides is 2. The molecule has 1 aliphatic rings. The van der Waals surface area contributed by atoms with E-state index in [2.05, 4.69) is 26.8 Å². The molecule has 3 aromatic rings. The average Bonchev–Trinajstić information content (AvgIpc) is 3.17. The minimum Gasteiger partial charge on any atom is -0.329 e. The predicted molar refractivity (Wildman–Crippen MR) is 102 cm³/mol. The third-order valence-corrected chi connectivity index (χ3v) is 5.31. The van der Waals surface area contributed by atoms with E-state index in [4.69, 9.17) is 0 Å². The first-order valence-electron chi connectivity index (χ1n) is 8.74. The van der Waals surface area contributed by atoms with Gasteiger partial charge in [0.15, 0.2) is 0 Å². The van der Waals surface area contributed by atoms with Gasteiger partial charge >= 0.3 is 6.03 Å². The van der Waals surface area contributed by atoms with Crippen LogP contribution in [0, 0.1) is 12.8 Å². The lowest BCUT2D eigenvalue weighted by Crippen LogP contribution is -2.34. The maximum Gasteiger partial charge on any atom is 0.320 e. The molecule has 1 aliphatic carbocycles. The second-order valence-corrected chi connectivity index (χ2v) is 7.60. The zero-order valence-electron chi connectivity index (χ0n) is 14.6. The number of nitrogens with one attached hydrogen (secondary N) is 2. The zero-order chi connectivity index (χ0) is 17.9. The van der Waals surface area contributed by atoms with Crippen LogP contribution in [0.3, 0.4) is 0 Å². The number of nitrogens with zero attached hydrogens (tertiary/aromatic N) is 3. The molecule has 0 unspecified atom stereocenters. The highest BCUT2D eigenvalue weighted by molar-refractivity contribution is 7.09. The van der Waals surface area contributed by atoms with Gasteiger partial charge < -0.3 is 5.32 Å². The number of aromatic nitrogens is 3. The first-order chi connectivity index (χ1) is 12.7. The fourth-order valence-electron chi connectivity index (χ4n) is 3.01. The Kier molecular flexibility index (Phi) is 4.71. The summed E-state index contributed by atoms with van der Waals surface area (Å²) in [6, 6.07) is 11.5.